The molecule has 1 aliphatic heterocycles. The number of nitrogens with zero attached hydrogens (tertiary/aromatic N) is 1. The first kappa shape index (κ1) is 12.1. The summed E-state index contributed by atoms with van der Waals surface area (Å²) in [5.74, 6) is 1.42. The predicted molar refractivity (Wildman–Crippen MR) is 63.5 cm³/mol. The highest BCUT2D eigenvalue weighted by atomic mass is 16.4. The van der Waals surface area contributed by atoms with Crippen molar-refractivity contribution in [3.63, 3.8) is 0 Å². The van der Waals surface area contributed by atoms with Crippen LogP contribution in [0.25, 0.3) is 0 Å². The van der Waals surface area contributed by atoms with Crippen molar-refractivity contribution in [2.24, 2.45) is 0 Å². The molecule has 0 saturated carbocycles. The number of hydrogen-bond donors (Lipinski definition) is 2. The Bertz CT molecular complexity index is 375. The Hall–Kier alpha value is -1.36. The zero-order chi connectivity index (χ0) is 12.3. The minimum atomic E-state index is -0.0547. The van der Waals surface area contributed by atoms with Gasteiger partial charge in [0.2, 0.25) is 11.8 Å². The molecule has 1 amide bonds. The number of oxazole rings is 1. The van der Waals surface area contributed by atoms with Gasteiger partial charge in [-0.05, 0) is 33.2 Å². The lowest BCUT2D eigenvalue weighted by Gasteiger charge is -2.22. The largest absolute Gasteiger partial charge is 0.444 e. The fourth-order valence-electron chi connectivity index (χ4n) is 1.98. The lowest BCUT2D eigenvalue weighted by molar-refractivity contribution is -0.123. The van der Waals surface area contributed by atoms with Gasteiger partial charge in [-0.25, -0.2) is 4.98 Å². The van der Waals surface area contributed by atoms with Crippen molar-refractivity contribution >= 4 is 5.91 Å². The van der Waals surface area contributed by atoms with E-state index in [2.05, 4.69) is 15.6 Å². The van der Waals surface area contributed by atoms with Crippen LogP contribution in [0.4, 0.5) is 0 Å². The summed E-state index contributed by atoms with van der Waals surface area (Å²) in [5, 5.41) is 6.06. The fourth-order valence-corrected chi connectivity index (χ4v) is 1.98. The third-order valence-corrected chi connectivity index (χ3v) is 3.11. The summed E-state index contributed by atoms with van der Waals surface area (Å²) >= 11 is 0. The molecule has 17 heavy (non-hydrogen) atoms. The number of nitrogens with one attached hydrogen (secondary N) is 2. The van der Waals surface area contributed by atoms with Crippen LogP contribution in [0.2, 0.25) is 0 Å². The second-order valence-corrected chi connectivity index (χ2v) is 4.47. The van der Waals surface area contributed by atoms with Crippen LogP contribution in [0, 0.1) is 13.8 Å². The second-order valence-electron chi connectivity index (χ2n) is 4.47. The number of carbonyl (C=O) groups is 1. The maximum Gasteiger partial charge on any atom is 0.237 e. The molecule has 2 heterocycles. The zero-order valence-electron chi connectivity index (χ0n) is 10.4. The number of aryl methyl sites for hydroxylation is 2. The van der Waals surface area contributed by atoms with E-state index in [4.69, 9.17) is 4.42 Å². The molecule has 1 atom stereocenters. The van der Waals surface area contributed by atoms with E-state index in [1.54, 1.807) is 0 Å². The van der Waals surface area contributed by atoms with Gasteiger partial charge >= 0.3 is 0 Å². The van der Waals surface area contributed by atoms with Crippen LogP contribution in [0.5, 0.6) is 0 Å². The Kier molecular flexibility index (Phi) is 3.78. The Morgan fingerprint density at radius 3 is 2.94 bits per heavy atom. The van der Waals surface area contributed by atoms with Crippen LogP contribution in [0.1, 0.15) is 36.6 Å². The highest BCUT2D eigenvalue weighted by Crippen LogP contribution is 2.09. The van der Waals surface area contributed by atoms with Crippen molar-refractivity contribution in [3.8, 4) is 0 Å². The predicted octanol–water partition coefficient (Wildman–Crippen LogP) is 1.05. The van der Waals surface area contributed by atoms with Crippen LogP contribution in [0.15, 0.2) is 4.42 Å². The topological polar surface area (TPSA) is 67.2 Å². The van der Waals surface area contributed by atoms with Gasteiger partial charge in [-0.15, -0.1) is 0 Å². The fraction of sp³-hybridized carbons (Fsp3) is 0.667. The molecule has 1 aromatic rings. The van der Waals surface area contributed by atoms with Gasteiger partial charge in [0.05, 0.1) is 18.3 Å². The van der Waals surface area contributed by atoms with Crippen molar-refractivity contribution in [1.29, 1.82) is 0 Å². The van der Waals surface area contributed by atoms with Crippen molar-refractivity contribution in [3.05, 3.63) is 17.3 Å². The Morgan fingerprint density at radius 1 is 1.53 bits per heavy atom. The van der Waals surface area contributed by atoms with Crippen molar-refractivity contribution < 1.29 is 9.21 Å². The van der Waals surface area contributed by atoms with Gasteiger partial charge in [0.25, 0.3) is 0 Å². The van der Waals surface area contributed by atoms with Crippen LogP contribution >= 0.6 is 0 Å². The number of piperidine rings is 1. The summed E-state index contributed by atoms with van der Waals surface area (Å²) < 4.78 is 5.41. The molecule has 0 aliphatic carbocycles. The molecule has 2 N–H and O–H groups in total. The molecular formula is C12H19N3O2. The van der Waals surface area contributed by atoms with Crippen molar-refractivity contribution in [2.75, 3.05) is 6.54 Å². The van der Waals surface area contributed by atoms with E-state index < -0.39 is 0 Å². The van der Waals surface area contributed by atoms with Gasteiger partial charge in [0, 0.05) is 0 Å². The Morgan fingerprint density at radius 2 is 2.35 bits per heavy atom. The molecule has 5 nitrogen and oxygen atoms in total. The Labute approximate surface area is 101 Å². The number of amides is 1. The van der Waals surface area contributed by atoms with Crippen LogP contribution < -0.4 is 10.6 Å². The maximum atomic E-state index is 11.8. The van der Waals surface area contributed by atoms with E-state index in [1.165, 1.54) is 0 Å². The van der Waals surface area contributed by atoms with E-state index in [9.17, 15) is 4.79 Å². The Balaban J connectivity index is 1.83. The van der Waals surface area contributed by atoms with Crippen LogP contribution in [-0.2, 0) is 11.3 Å². The normalized spacial score (nSPS) is 20.2. The smallest absolute Gasteiger partial charge is 0.237 e. The maximum absolute atomic E-state index is 11.8. The molecule has 0 radical (unpaired) electrons. The van der Waals surface area contributed by atoms with E-state index in [0.717, 1.165) is 37.3 Å². The monoisotopic (exact) mass is 237 g/mol. The average molecular weight is 237 g/mol. The van der Waals surface area contributed by atoms with Gasteiger partial charge in [-0.1, -0.05) is 6.42 Å². The average Bonchev–Trinajstić information content (AvgIpc) is 2.67. The van der Waals surface area contributed by atoms with E-state index >= 15 is 0 Å². The van der Waals surface area contributed by atoms with Crippen molar-refractivity contribution in [2.45, 2.75) is 45.7 Å². The third-order valence-electron chi connectivity index (χ3n) is 3.11. The first-order chi connectivity index (χ1) is 8.16. The highest BCUT2D eigenvalue weighted by Gasteiger charge is 2.20. The SMILES string of the molecule is Cc1nc(CNC(=O)[C@@H]2CCCCN2)oc1C. The standard InChI is InChI=1S/C12H19N3O2/c1-8-9(2)17-11(15-8)7-14-12(16)10-5-3-4-6-13-10/h10,13H,3-7H2,1-2H3,(H,14,16)/t10-/m0/s1. The zero-order valence-corrected chi connectivity index (χ0v) is 10.4. The lowest BCUT2D eigenvalue weighted by atomic mass is 10.0. The molecule has 0 unspecified atom stereocenters. The molecule has 1 aliphatic rings. The molecule has 0 bridgehead atoms. The van der Waals surface area contributed by atoms with Gasteiger partial charge in [-0.3, -0.25) is 4.79 Å². The quantitative estimate of drug-likeness (QED) is 0.824. The number of hydrogen-bond acceptors (Lipinski definition) is 4. The number of carbonyl (C=O) groups excluding carboxylic acids is 1. The molecule has 1 fully saturated rings. The summed E-state index contributed by atoms with van der Waals surface area (Å²) in [6, 6.07) is -0.0547. The molecular weight excluding hydrogens is 218 g/mol. The van der Waals surface area contributed by atoms with Gasteiger partial charge in [0.1, 0.15) is 5.76 Å². The van der Waals surface area contributed by atoms with Crippen LogP contribution in [0.3, 0.4) is 0 Å². The first-order valence-corrected chi connectivity index (χ1v) is 6.11. The van der Waals surface area contributed by atoms with E-state index in [1.807, 2.05) is 13.8 Å². The van der Waals surface area contributed by atoms with E-state index in [0.29, 0.717) is 12.4 Å². The van der Waals surface area contributed by atoms with Gasteiger partial charge in [0.15, 0.2) is 0 Å². The number of aromatic nitrogens is 1. The number of rotatable bonds is 3. The highest BCUT2D eigenvalue weighted by molar-refractivity contribution is 5.81. The van der Waals surface area contributed by atoms with Crippen LogP contribution in [-0.4, -0.2) is 23.5 Å². The summed E-state index contributed by atoms with van der Waals surface area (Å²) in [5.41, 5.74) is 0.880. The van der Waals surface area contributed by atoms with Gasteiger partial charge in [-0.2, -0.15) is 0 Å². The molecule has 5 heteroatoms. The summed E-state index contributed by atoms with van der Waals surface area (Å²) in [6.07, 6.45) is 3.18. The molecule has 94 valence electrons. The lowest BCUT2D eigenvalue weighted by Crippen LogP contribution is -2.46. The molecule has 0 aromatic carbocycles. The summed E-state index contributed by atoms with van der Waals surface area (Å²) in [7, 11) is 0. The minimum absolute atomic E-state index is 0.0400. The third kappa shape index (κ3) is 3.06. The van der Waals surface area contributed by atoms with Gasteiger partial charge < -0.3 is 15.1 Å². The minimum Gasteiger partial charge on any atom is -0.444 e. The molecule has 1 saturated heterocycles. The van der Waals surface area contributed by atoms with E-state index in [-0.39, 0.29) is 11.9 Å². The molecule has 1 aromatic heterocycles. The molecule has 0 spiro atoms. The second kappa shape index (κ2) is 5.31. The summed E-state index contributed by atoms with van der Waals surface area (Å²) in [4.78, 5) is 16.0. The molecule has 2 rings (SSSR count). The van der Waals surface area contributed by atoms with Crippen molar-refractivity contribution in [1.82, 2.24) is 15.6 Å². The summed E-state index contributed by atoms with van der Waals surface area (Å²) in [6.45, 7) is 5.06. The first-order valence-electron chi connectivity index (χ1n) is 6.11.